The number of non-ortho nitro benzene ring substituents is 1. The van der Waals surface area contributed by atoms with Gasteiger partial charge in [0.2, 0.25) is 0 Å². The third kappa shape index (κ3) is 12.0. The van der Waals surface area contributed by atoms with Crippen molar-refractivity contribution in [1.29, 1.82) is 0 Å². The van der Waals surface area contributed by atoms with Crippen LogP contribution in [0.2, 0.25) is 0 Å². The van der Waals surface area contributed by atoms with Crippen LogP contribution in [-0.4, -0.2) is 45.1 Å². The first-order chi connectivity index (χ1) is 24.4. The maximum absolute atomic E-state index is 13.2. The van der Waals surface area contributed by atoms with Crippen LogP contribution in [0.4, 0.5) is 5.69 Å². The van der Waals surface area contributed by atoms with Gasteiger partial charge >= 0.3 is 23.9 Å². The Hall–Kier alpha value is -3.50. The maximum Gasteiger partial charge on any atom is 0.310 e. The van der Waals surface area contributed by atoms with Crippen molar-refractivity contribution in [1.82, 2.24) is 0 Å². The summed E-state index contributed by atoms with van der Waals surface area (Å²) >= 11 is 0. The zero-order valence-corrected chi connectivity index (χ0v) is 32.1. The molecule has 4 fully saturated rings. The molecule has 0 bridgehead atoms. The minimum absolute atomic E-state index is 0.0166. The van der Waals surface area contributed by atoms with E-state index in [1.54, 1.807) is 12.1 Å². The average molecular weight is 728 g/mol. The first kappa shape index (κ1) is 41.3. The highest BCUT2D eigenvalue weighted by molar-refractivity contribution is 5.81. The van der Waals surface area contributed by atoms with Crippen LogP contribution in [0.1, 0.15) is 137 Å². The van der Waals surface area contributed by atoms with Gasteiger partial charge in [-0.05, 0) is 82.6 Å². The average Bonchev–Trinajstić information content (AvgIpc) is 2.91. The van der Waals surface area contributed by atoms with E-state index in [0.717, 1.165) is 64.2 Å². The Kier molecular flexibility index (Phi) is 14.3. The molecular weight excluding hydrogens is 666 g/mol. The van der Waals surface area contributed by atoms with Crippen LogP contribution < -0.4 is 0 Å². The standard InChI is InChI=1S/C24H33NO6.C17H28O4/c1-24(2,3)31-21(26)14-20(22(17-8-5-9-17)18-10-6-11-18)23(27)30-15-16-7-4-12-19(13-16)25(28)29;1-17(2,3)21-14(18)10-13(16(19)20)15(11-6-4-7-11)12-8-5-9-12/h4,7,12-13,17-18,20,22H,5-6,8-11,14-15H2,1-3H3;11-13,15H,4-10H2,1-3H3,(H,19,20)/t20-;13-/m00/s1. The van der Waals surface area contributed by atoms with E-state index in [4.69, 9.17) is 14.2 Å². The largest absolute Gasteiger partial charge is 0.481 e. The molecule has 4 aliphatic carbocycles. The molecule has 2 atom stereocenters. The number of ether oxygens (including phenoxy) is 3. The molecule has 0 radical (unpaired) electrons. The number of carboxylic acid groups (broad SMARTS) is 1. The predicted octanol–water partition coefficient (Wildman–Crippen LogP) is 8.84. The molecule has 11 nitrogen and oxygen atoms in total. The van der Waals surface area contributed by atoms with Gasteiger partial charge in [-0.25, -0.2) is 0 Å². The molecule has 0 aromatic heterocycles. The van der Waals surface area contributed by atoms with Crippen molar-refractivity contribution in [3.05, 3.63) is 39.9 Å². The van der Waals surface area contributed by atoms with E-state index < -0.39 is 39.9 Å². The SMILES string of the molecule is CC(C)(C)OC(=O)C[C@H](C(=O)O)C(C1CCC1)C1CCC1.CC(C)(C)OC(=O)C[C@H](C(=O)OCc1cccc([N+](=O)[O-])c1)C(C1CCC1)C1CCC1. The highest BCUT2D eigenvalue weighted by Crippen LogP contribution is 2.50. The van der Waals surface area contributed by atoms with E-state index in [0.29, 0.717) is 29.2 Å². The molecule has 0 aliphatic heterocycles. The van der Waals surface area contributed by atoms with Crippen LogP contribution in [0.3, 0.4) is 0 Å². The normalized spacial score (nSPS) is 19.5. The van der Waals surface area contributed by atoms with Crippen LogP contribution in [0.25, 0.3) is 0 Å². The summed E-state index contributed by atoms with van der Waals surface area (Å²) < 4.78 is 16.4. The van der Waals surface area contributed by atoms with Gasteiger partial charge < -0.3 is 19.3 Å². The Morgan fingerprint density at radius 3 is 1.48 bits per heavy atom. The summed E-state index contributed by atoms with van der Waals surface area (Å²) in [5.74, 6) is -0.911. The van der Waals surface area contributed by atoms with Crippen LogP contribution in [0.5, 0.6) is 0 Å². The number of nitro groups is 1. The smallest absolute Gasteiger partial charge is 0.310 e. The molecule has 5 rings (SSSR count). The number of benzene rings is 1. The van der Waals surface area contributed by atoms with E-state index in [-0.39, 0.29) is 48.9 Å². The lowest BCUT2D eigenvalue weighted by Gasteiger charge is -2.45. The van der Waals surface area contributed by atoms with Crippen LogP contribution in [0, 0.1) is 57.5 Å². The Labute approximate surface area is 309 Å². The van der Waals surface area contributed by atoms with Crippen LogP contribution >= 0.6 is 0 Å². The van der Waals surface area contributed by atoms with Gasteiger partial charge in [0.15, 0.2) is 0 Å². The van der Waals surface area contributed by atoms with Crippen molar-refractivity contribution in [3.63, 3.8) is 0 Å². The number of nitro benzene ring substituents is 1. The summed E-state index contributed by atoms with van der Waals surface area (Å²) in [6.45, 7) is 10.8. The molecular formula is C41H61NO10. The zero-order valence-electron chi connectivity index (χ0n) is 32.1. The molecule has 1 aromatic rings. The number of rotatable bonds is 15. The summed E-state index contributed by atoms with van der Waals surface area (Å²) in [6, 6.07) is 6.08. The lowest BCUT2D eigenvalue weighted by molar-refractivity contribution is -0.385. The van der Waals surface area contributed by atoms with Crippen molar-refractivity contribution in [3.8, 4) is 0 Å². The molecule has 1 N–H and O–H groups in total. The Balaban J connectivity index is 0.000000251. The minimum atomic E-state index is -0.829. The number of nitrogens with zero attached hydrogens (tertiary/aromatic N) is 1. The van der Waals surface area contributed by atoms with E-state index in [1.807, 2.05) is 41.5 Å². The molecule has 0 unspecified atom stereocenters. The number of aliphatic carboxylic acids is 1. The number of hydrogen-bond donors (Lipinski definition) is 1. The second-order valence-corrected chi connectivity index (χ2v) is 17.6. The van der Waals surface area contributed by atoms with Crippen molar-refractivity contribution in [2.24, 2.45) is 47.3 Å². The van der Waals surface area contributed by atoms with Gasteiger partial charge in [0, 0.05) is 12.1 Å². The first-order valence-corrected chi connectivity index (χ1v) is 19.5. The summed E-state index contributed by atoms with van der Waals surface area (Å²) in [6.07, 6.45) is 13.6. The van der Waals surface area contributed by atoms with Crippen LogP contribution in [0.15, 0.2) is 24.3 Å². The Morgan fingerprint density at radius 1 is 0.731 bits per heavy atom. The second-order valence-electron chi connectivity index (χ2n) is 17.6. The van der Waals surface area contributed by atoms with Gasteiger partial charge in [0.05, 0.1) is 29.6 Å². The maximum atomic E-state index is 13.2. The molecule has 0 spiro atoms. The Bertz CT molecular complexity index is 1370. The first-order valence-electron chi connectivity index (χ1n) is 19.5. The Morgan fingerprint density at radius 2 is 1.13 bits per heavy atom. The molecule has 52 heavy (non-hydrogen) atoms. The van der Waals surface area contributed by atoms with Gasteiger partial charge in [0.1, 0.15) is 17.8 Å². The number of esters is 3. The predicted molar refractivity (Wildman–Crippen MR) is 195 cm³/mol. The lowest BCUT2D eigenvalue weighted by atomic mass is 9.60. The zero-order chi connectivity index (χ0) is 38.2. The van der Waals surface area contributed by atoms with E-state index >= 15 is 0 Å². The van der Waals surface area contributed by atoms with Gasteiger partial charge in [-0.15, -0.1) is 0 Å². The summed E-state index contributed by atoms with van der Waals surface area (Å²) in [5, 5.41) is 20.6. The number of carboxylic acids is 1. The molecule has 0 saturated heterocycles. The second kappa shape index (κ2) is 18.0. The van der Waals surface area contributed by atoms with Crippen LogP contribution in [-0.2, 0) is 40.0 Å². The molecule has 0 heterocycles. The third-order valence-corrected chi connectivity index (χ3v) is 11.4. The van der Waals surface area contributed by atoms with E-state index in [9.17, 15) is 34.4 Å². The molecule has 0 amide bonds. The monoisotopic (exact) mass is 727 g/mol. The lowest BCUT2D eigenvalue weighted by Crippen LogP contribution is -2.42. The van der Waals surface area contributed by atoms with E-state index in [1.165, 1.54) is 25.0 Å². The highest BCUT2D eigenvalue weighted by Gasteiger charge is 2.46. The fraction of sp³-hybridized carbons (Fsp3) is 0.756. The van der Waals surface area contributed by atoms with Crippen molar-refractivity contribution in [2.75, 3.05) is 0 Å². The highest BCUT2D eigenvalue weighted by atomic mass is 16.6. The topological polar surface area (TPSA) is 159 Å². The number of hydrogen-bond acceptors (Lipinski definition) is 9. The van der Waals surface area contributed by atoms with Crippen molar-refractivity contribution < 1.29 is 43.4 Å². The van der Waals surface area contributed by atoms with E-state index in [2.05, 4.69) is 0 Å². The van der Waals surface area contributed by atoms with Gasteiger partial charge in [-0.2, -0.15) is 0 Å². The fourth-order valence-corrected chi connectivity index (χ4v) is 8.29. The van der Waals surface area contributed by atoms with Gasteiger partial charge in [-0.1, -0.05) is 89.2 Å². The van der Waals surface area contributed by atoms with Gasteiger partial charge in [0.25, 0.3) is 5.69 Å². The molecule has 11 heteroatoms. The molecule has 4 aliphatic rings. The quantitative estimate of drug-likeness (QED) is 0.0800. The summed E-state index contributed by atoms with van der Waals surface area (Å²) in [5.41, 5.74) is -0.650. The molecule has 290 valence electrons. The molecule has 1 aromatic carbocycles. The minimum Gasteiger partial charge on any atom is -0.481 e. The molecule has 4 saturated carbocycles. The summed E-state index contributed by atoms with van der Waals surface area (Å²) in [7, 11) is 0. The number of carbonyl (C=O) groups is 4. The number of carbonyl (C=O) groups excluding carboxylic acids is 3. The third-order valence-electron chi connectivity index (χ3n) is 11.4. The van der Waals surface area contributed by atoms with Gasteiger partial charge in [-0.3, -0.25) is 29.3 Å². The fourth-order valence-electron chi connectivity index (χ4n) is 8.29. The van der Waals surface area contributed by atoms with Crippen molar-refractivity contribution >= 4 is 29.6 Å². The summed E-state index contributed by atoms with van der Waals surface area (Å²) in [4.78, 5) is 60.1. The van der Waals surface area contributed by atoms with Crippen molar-refractivity contribution in [2.45, 2.75) is 149 Å².